The smallest absolute Gasteiger partial charge is 0.146 e. The third-order valence-corrected chi connectivity index (χ3v) is 3.46. The summed E-state index contributed by atoms with van der Waals surface area (Å²) >= 11 is 3.54. The molecule has 5 nitrogen and oxygen atoms in total. The van der Waals surface area contributed by atoms with Crippen LogP contribution >= 0.6 is 15.9 Å². The quantitative estimate of drug-likeness (QED) is 0.805. The maximum absolute atomic E-state index is 4.31. The number of nitrogens with one attached hydrogen (secondary N) is 2. The van der Waals surface area contributed by atoms with E-state index in [1.54, 1.807) is 6.33 Å². The fourth-order valence-electron chi connectivity index (χ4n) is 2.03. The fraction of sp³-hybridized carbons (Fsp3) is 0.692. The number of rotatable bonds is 7. The number of likely N-dealkylation sites (N-methyl/N-ethyl adjacent to an activating group) is 1. The van der Waals surface area contributed by atoms with Crippen molar-refractivity contribution in [2.45, 2.75) is 26.3 Å². The Balaban J connectivity index is 2.83. The minimum absolute atomic E-state index is 0.367. The maximum atomic E-state index is 4.31. The summed E-state index contributed by atoms with van der Waals surface area (Å²) < 4.78 is 0.880. The number of hydrogen-bond acceptors (Lipinski definition) is 5. The number of hydrogen-bond donors (Lipinski definition) is 2. The molecule has 19 heavy (non-hydrogen) atoms. The highest BCUT2D eigenvalue weighted by Gasteiger charge is 2.15. The Bertz CT molecular complexity index is 385. The predicted molar refractivity (Wildman–Crippen MR) is 84.7 cm³/mol. The molecule has 2 N–H and O–H groups in total. The lowest BCUT2D eigenvalue weighted by Crippen LogP contribution is -2.34. The Morgan fingerprint density at radius 3 is 2.42 bits per heavy atom. The SMILES string of the molecule is CNc1ncnc(NC(CC(C)C)CN(C)C)c1Br. The summed E-state index contributed by atoms with van der Waals surface area (Å²) in [5.74, 6) is 2.28. The minimum Gasteiger partial charge on any atom is -0.372 e. The second kappa shape index (κ2) is 7.65. The van der Waals surface area contributed by atoms with Crippen molar-refractivity contribution in [1.82, 2.24) is 14.9 Å². The molecule has 1 aromatic heterocycles. The van der Waals surface area contributed by atoms with Gasteiger partial charge in [0.05, 0.1) is 0 Å². The third-order valence-electron chi connectivity index (χ3n) is 2.71. The molecule has 0 amide bonds. The second-order valence-electron chi connectivity index (χ2n) is 5.37. The predicted octanol–water partition coefficient (Wildman–Crippen LogP) is 2.67. The van der Waals surface area contributed by atoms with Crippen molar-refractivity contribution >= 4 is 27.6 Å². The Morgan fingerprint density at radius 1 is 1.26 bits per heavy atom. The van der Waals surface area contributed by atoms with Crippen LogP contribution in [0.25, 0.3) is 0 Å². The average Bonchev–Trinajstić information content (AvgIpc) is 2.30. The van der Waals surface area contributed by atoms with Gasteiger partial charge >= 0.3 is 0 Å². The molecule has 0 spiro atoms. The van der Waals surface area contributed by atoms with E-state index in [-0.39, 0.29) is 0 Å². The van der Waals surface area contributed by atoms with Gasteiger partial charge in [-0.05, 0) is 42.4 Å². The highest BCUT2D eigenvalue weighted by Crippen LogP contribution is 2.27. The molecule has 0 saturated carbocycles. The van der Waals surface area contributed by atoms with Gasteiger partial charge in [0.1, 0.15) is 22.4 Å². The molecule has 1 atom stereocenters. The van der Waals surface area contributed by atoms with Crippen molar-refractivity contribution in [2.75, 3.05) is 38.3 Å². The summed E-state index contributed by atoms with van der Waals surface area (Å²) in [6.45, 7) is 5.44. The van der Waals surface area contributed by atoms with E-state index >= 15 is 0 Å². The van der Waals surface area contributed by atoms with Crippen LogP contribution in [0.4, 0.5) is 11.6 Å². The van der Waals surface area contributed by atoms with Crippen molar-refractivity contribution < 1.29 is 0 Å². The Labute approximate surface area is 124 Å². The summed E-state index contributed by atoms with van der Waals surface area (Å²) in [6, 6.07) is 0.367. The molecule has 0 fully saturated rings. The van der Waals surface area contributed by atoms with Gasteiger partial charge in [0.15, 0.2) is 0 Å². The summed E-state index contributed by atoms with van der Waals surface area (Å²) in [5, 5.41) is 6.55. The van der Waals surface area contributed by atoms with Crippen LogP contribution < -0.4 is 10.6 Å². The molecule has 1 aromatic rings. The van der Waals surface area contributed by atoms with E-state index in [0.717, 1.165) is 29.1 Å². The van der Waals surface area contributed by atoms with Gasteiger partial charge in [-0.1, -0.05) is 13.8 Å². The molecule has 0 bridgehead atoms. The average molecular weight is 330 g/mol. The second-order valence-corrected chi connectivity index (χ2v) is 6.16. The maximum Gasteiger partial charge on any atom is 0.146 e. The van der Waals surface area contributed by atoms with E-state index in [1.807, 2.05) is 7.05 Å². The number of aromatic nitrogens is 2. The molecule has 0 saturated heterocycles. The van der Waals surface area contributed by atoms with Crippen LogP contribution in [0.2, 0.25) is 0 Å². The molecule has 6 heteroatoms. The van der Waals surface area contributed by atoms with E-state index in [0.29, 0.717) is 12.0 Å². The highest BCUT2D eigenvalue weighted by molar-refractivity contribution is 9.10. The Morgan fingerprint density at radius 2 is 1.89 bits per heavy atom. The van der Waals surface area contributed by atoms with Crippen LogP contribution in [-0.4, -0.2) is 48.6 Å². The van der Waals surface area contributed by atoms with Crippen LogP contribution in [0.1, 0.15) is 20.3 Å². The van der Waals surface area contributed by atoms with Gasteiger partial charge in [-0.25, -0.2) is 9.97 Å². The van der Waals surface area contributed by atoms with Gasteiger partial charge in [-0.2, -0.15) is 0 Å². The Hall–Kier alpha value is -0.880. The lowest BCUT2D eigenvalue weighted by atomic mass is 10.0. The third kappa shape index (κ3) is 5.32. The molecular weight excluding hydrogens is 306 g/mol. The summed E-state index contributed by atoms with van der Waals surface area (Å²) in [4.78, 5) is 10.7. The molecule has 1 heterocycles. The van der Waals surface area contributed by atoms with E-state index in [4.69, 9.17) is 0 Å². The molecular formula is C13H24BrN5. The van der Waals surface area contributed by atoms with Gasteiger partial charge in [0.2, 0.25) is 0 Å². The van der Waals surface area contributed by atoms with Crippen molar-refractivity contribution in [3.05, 3.63) is 10.8 Å². The zero-order chi connectivity index (χ0) is 14.4. The molecule has 0 aliphatic carbocycles. The highest BCUT2D eigenvalue weighted by atomic mass is 79.9. The van der Waals surface area contributed by atoms with Gasteiger partial charge in [-0.3, -0.25) is 0 Å². The van der Waals surface area contributed by atoms with E-state index in [1.165, 1.54) is 0 Å². The standard InChI is InChI=1S/C13H24BrN5/c1-9(2)6-10(7-19(4)5)18-13-11(14)12(15-3)16-8-17-13/h8-10H,6-7H2,1-5H3,(H2,15,16,17,18). The topological polar surface area (TPSA) is 53.1 Å². The first kappa shape index (κ1) is 16.2. The van der Waals surface area contributed by atoms with Crippen LogP contribution in [0.3, 0.4) is 0 Å². The molecule has 1 unspecified atom stereocenters. The van der Waals surface area contributed by atoms with Crippen molar-refractivity contribution in [2.24, 2.45) is 5.92 Å². The lowest BCUT2D eigenvalue weighted by Gasteiger charge is -2.25. The molecule has 108 valence electrons. The largest absolute Gasteiger partial charge is 0.372 e. The number of nitrogens with zero attached hydrogens (tertiary/aromatic N) is 3. The van der Waals surface area contributed by atoms with Crippen molar-refractivity contribution in [3.63, 3.8) is 0 Å². The lowest BCUT2D eigenvalue weighted by molar-refractivity contribution is 0.356. The zero-order valence-electron chi connectivity index (χ0n) is 12.4. The minimum atomic E-state index is 0.367. The first-order valence-electron chi connectivity index (χ1n) is 6.53. The molecule has 0 aliphatic rings. The molecule has 0 aliphatic heterocycles. The molecule has 0 aromatic carbocycles. The van der Waals surface area contributed by atoms with Crippen LogP contribution in [0.5, 0.6) is 0 Å². The van der Waals surface area contributed by atoms with Gasteiger partial charge in [0, 0.05) is 19.6 Å². The first-order valence-corrected chi connectivity index (χ1v) is 7.32. The Kier molecular flexibility index (Phi) is 6.51. The van der Waals surface area contributed by atoms with Gasteiger partial charge < -0.3 is 15.5 Å². The van der Waals surface area contributed by atoms with E-state index in [9.17, 15) is 0 Å². The first-order chi connectivity index (χ1) is 8.93. The summed E-state index contributed by atoms with van der Waals surface area (Å²) in [5.41, 5.74) is 0. The van der Waals surface area contributed by atoms with Gasteiger partial charge in [0.25, 0.3) is 0 Å². The van der Waals surface area contributed by atoms with E-state index < -0.39 is 0 Å². The summed E-state index contributed by atoms with van der Waals surface area (Å²) in [7, 11) is 6.02. The number of anilines is 2. The van der Waals surface area contributed by atoms with Gasteiger partial charge in [-0.15, -0.1) is 0 Å². The molecule has 0 radical (unpaired) electrons. The van der Waals surface area contributed by atoms with Crippen LogP contribution in [-0.2, 0) is 0 Å². The van der Waals surface area contributed by atoms with Crippen molar-refractivity contribution in [3.8, 4) is 0 Å². The normalized spacial score (nSPS) is 12.8. The number of halogens is 1. The van der Waals surface area contributed by atoms with Crippen LogP contribution in [0.15, 0.2) is 10.8 Å². The molecule has 1 rings (SSSR count). The monoisotopic (exact) mass is 329 g/mol. The van der Waals surface area contributed by atoms with Crippen molar-refractivity contribution in [1.29, 1.82) is 0 Å². The summed E-state index contributed by atoms with van der Waals surface area (Å²) in [6.07, 6.45) is 2.67. The van der Waals surface area contributed by atoms with Crippen LogP contribution in [0, 0.1) is 5.92 Å². The van der Waals surface area contributed by atoms with E-state index in [2.05, 4.69) is 69.4 Å². The zero-order valence-corrected chi connectivity index (χ0v) is 14.0. The fourth-order valence-corrected chi connectivity index (χ4v) is 2.54.